The lowest BCUT2D eigenvalue weighted by Crippen LogP contribution is -2.38. The topological polar surface area (TPSA) is 104 Å². The van der Waals surface area contributed by atoms with Crippen molar-refractivity contribution in [1.29, 1.82) is 0 Å². The first kappa shape index (κ1) is 26.5. The molecule has 182 valence electrons. The molecule has 0 aliphatic carbocycles. The van der Waals surface area contributed by atoms with Gasteiger partial charge in [0.15, 0.2) is 0 Å². The average molecular weight is 460 g/mol. The van der Waals surface area contributed by atoms with Crippen LogP contribution < -0.4 is 0 Å². The van der Waals surface area contributed by atoms with Gasteiger partial charge in [0.2, 0.25) is 0 Å². The number of aliphatic carboxylic acids is 2. The van der Waals surface area contributed by atoms with E-state index in [1.807, 2.05) is 22.8 Å². The highest BCUT2D eigenvalue weighted by atomic mass is 16.5. The monoisotopic (exact) mass is 459 g/mol. The summed E-state index contributed by atoms with van der Waals surface area (Å²) >= 11 is 0. The standard InChI is InChI=1S/C21H33N3O.C4H4O4/c1-21(2,3)18-9-13-23(14-10-18)11-6-7-15-25-17-19-16-20-8-4-5-12-24(20)22-19;5-3(6)1-2-4(7)8/h4-5,8,12,16,18H,6-7,9-11,13-15,17H2,1-3H3;1-2H,(H,5,6)(H,7,8)/b;2-1-. The molecule has 1 saturated heterocycles. The maximum absolute atomic E-state index is 9.55. The van der Waals surface area contributed by atoms with Crippen molar-refractivity contribution in [2.24, 2.45) is 11.3 Å². The summed E-state index contributed by atoms with van der Waals surface area (Å²) in [5.41, 5.74) is 2.60. The van der Waals surface area contributed by atoms with Crippen molar-refractivity contribution < 1.29 is 24.5 Å². The van der Waals surface area contributed by atoms with E-state index in [2.05, 4.69) is 42.9 Å². The van der Waals surface area contributed by atoms with Gasteiger partial charge in [-0.15, -0.1) is 0 Å². The number of unbranched alkanes of at least 4 members (excludes halogenated alkanes) is 1. The molecule has 0 atom stereocenters. The summed E-state index contributed by atoms with van der Waals surface area (Å²) in [4.78, 5) is 21.7. The predicted octanol–water partition coefficient (Wildman–Crippen LogP) is 4.10. The third-order valence-electron chi connectivity index (χ3n) is 5.86. The fraction of sp³-hybridized carbons (Fsp3) is 0.560. The summed E-state index contributed by atoms with van der Waals surface area (Å²) in [7, 11) is 0. The SMILES string of the molecule is CC(C)(C)C1CCN(CCCCOCc2cc3ccccn3n2)CC1.O=C(O)/C=C\C(=O)O. The summed E-state index contributed by atoms with van der Waals surface area (Å²) in [6.07, 6.45) is 8.16. The Morgan fingerprint density at radius 2 is 1.79 bits per heavy atom. The Balaban J connectivity index is 0.000000414. The number of ether oxygens (including phenoxy) is 1. The predicted molar refractivity (Wildman–Crippen MR) is 127 cm³/mol. The van der Waals surface area contributed by atoms with Crippen LogP contribution in [0.15, 0.2) is 42.6 Å². The first-order chi connectivity index (χ1) is 15.6. The van der Waals surface area contributed by atoms with Gasteiger partial charge in [-0.3, -0.25) is 0 Å². The molecule has 0 amide bonds. The molecule has 0 radical (unpaired) electrons. The van der Waals surface area contributed by atoms with E-state index in [4.69, 9.17) is 14.9 Å². The first-order valence-electron chi connectivity index (χ1n) is 11.5. The number of fused-ring (bicyclic) bond motifs is 1. The van der Waals surface area contributed by atoms with Crippen LogP contribution in [0.4, 0.5) is 0 Å². The molecule has 1 aliphatic rings. The summed E-state index contributed by atoms with van der Waals surface area (Å²) in [6.45, 7) is 12.3. The lowest BCUT2D eigenvalue weighted by atomic mass is 9.75. The van der Waals surface area contributed by atoms with Gasteiger partial charge in [-0.25, -0.2) is 14.1 Å². The van der Waals surface area contributed by atoms with Crippen LogP contribution in [0.1, 0.15) is 52.1 Å². The van der Waals surface area contributed by atoms with E-state index in [1.165, 1.54) is 38.9 Å². The Morgan fingerprint density at radius 3 is 2.36 bits per heavy atom. The van der Waals surface area contributed by atoms with Gasteiger partial charge in [-0.05, 0) is 74.8 Å². The fourth-order valence-electron chi connectivity index (χ4n) is 3.94. The van der Waals surface area contributed by atoms with Gasteiger partial charge in [0.05, 0.1) is 17.8 Å². The van der Waals surface area contributed by atoms with Gasteiger partial charge in [0.25, 0.3) is 0 Å². The summed E-state index contributed by atoms with van der Waals surface area (Å²) < 4.78 is 7.71. The van der Waals surface area contributed by atoms with Crippen molar-refractivity contribution in [2.75, 3.05) is 26.2 Å². The quantitative estimate of drug-likeness (QED) is 0.430. The van der Waals surface area contributed by atoms with Gasteiger partial charge in [0.1, 0.15) is 0 Å². The van der Waals surface area contributed by atoms with Gasteiger partial charge in [-0.1, -0.05) is 26.8 Å². The van der Waals surface area contributed by atoms with E-state index < -0.39 is 11.9 Å². The van der Waals surface area contributed by atoms with Crippen molar-refractivity contribution in [2.45, 2.75) is 53.1 Å². The zero-order chi connectivity index (χ0) is 24.3. The Bertz CT molecular complexity index is 859. The third-order valence-corrected chi connectivity index (χ3v) is 5.86. The molecular weight excluding hydrogens is 422 g/mol. The largest absolute Gasteiger partial charge is 0.478 e. The molecule has 0 saturated carbocycles. The number of hydrogen-bond donors (Lipinski definition) is 2. The van der Waals surface area contributed by atoms with Crippen LogP contribution >= 0.6 is 0 Å². The normalized spacial score (nSPS) is 15.5. The second kappa shape index (κ2) is 13.1. The average Bonchev–Trinajstić information content (AvgIpc) is 3.18. The van der Waals surface area contributed by atoms with Crippen molar-refractivity contribution in [3.8, 4) is 0 Å². The van der Waals surface area contributed by atoms with E-state index in [0.29, 0.717) is 24.2 Å². The Kier molecular flexibility index (Phi) is 10.5. The third kappa shape index (κ3) is 10.2. The Morgan fingerprint density at radius 1 is 1.12 bits per heavy atom. The number of rotatable bonds is 9. The second-order valence-electron chi connectivity index (χ2n) is 9.46. The highest BCUT2D eigenvalue weighted by Crippen LogP contribution is 2.34. The number of carboxylic acids is 2. The van der Waals surface area contributed by atoms with Crippen LogP contribution in [-0.4, -0.2) is 62.9 Å². The molecule has 0 bridgehead atoms. The minimum Gasteiger partial charge on any atom is -0.478 e. The van der Waals surface area contributed by atoms with Crippen molar-refractivity contribution in [3.05, 3.63) is 48.3 Å². The number of nitrogens with zero attached hydrogens (tertiary/aromatic N) is 3. The molecule has 1 fully saturated rings. The molecule has 2 N–H and O–H groups in total. The Hall–Kier alpha value is -2.71. The maximum atomic E-state index is 9.55. The second-order valence-corrected chi connectivity index (χ2v) is 9.46. The maximum Gasteiger partial charge on any atom is 0.328 e. The number of likely N-dealkylation sites (tertiary alicyclic amines) is 1. The number of pyridine rings is 1. The van der Waals surface area contributed by atoms with Gasteiger partial charge in [0, 0.05) is 25.0 Å². The van der Waals surface area contributed by atoms with Crippen LogP contribution in [0.5, 0.6) is 0 Å². The van der Waals surface area contributed by atoms with Crippen LogP contribution in [0.3, 0.4) is 0 Å². The molecule has 0 aromatic carbocycles. The van der Waals surface area contributed by atoms with Gasteiger partial charge < -0.3 is 19.8 Å². The van der Waals surface area contributed by atoms with E-state index in [1.54, 1.807) is 0 Å². The van der Waals surface area contributed by atoms with Gasteiger partial charge in [-0.2, -0.15) is 5.10 Å². The van der Waals surface area contributed by atoms with Crippen LogP contribution in [-0.2, 0) is 20.9 Å². The number of carboxylic acid groups (broad SMARTS) is 2. The summed E-state index contributed by atoms with van der Waals surface area (Å²) in [5, 5.41) is 20.1. The molecule has 8 nitrogen and oxygen atoms in total. The van der Waals surface area contributed by atoms with Crippen molar-refractivity contribution in [1.82, 2.24) is 14.5 Å². The first-order valence-corrected chi connectivity index (χ1v) is 11.5. The minimum absolute atomic E-state index is 0.470. The molecule has 3 heterocycles. The summed E-state index contributed by atoms with van der Waals surface area (Å²) in [5.74, 6) is -1.63. The molecular formula is C25H37N3O5. The number of carbonyl (C=O) groups is 2. The highest BCUT2D eigenvalue weighted by molar-refractivity contribution is 5.89. The molecule has 0 unspecified atom stereocenters. The Labute approximate surface area is 195 Å². The smallest absolute Gasteiger partial charge is 0.328 e. The zero-order valence-corrected chi connectivity index (χ0v) is 19.9. The fourth-order valence-corrected chi connectivity index (χ4v) is 3.94. The zero-order valence-electron chi connectivity index (χ0n) is 19.9. The van der Waals surface area contributed by atoms with E-state index in [-0.39, 0.29) is 0 Å². The van der Waals surface area contributed by atoms with E-state index >= 15 is 0 Å². The highest BCUT2D eigenvalue weighted by Gasteiger charge is 2.28. The van der Waals surface area contributed by atoms with Crippen LogP contribution in [0.2, 0.25) is 0 Å². The lowest BCUT2D eigenvalue weighted by Gasteiger charge is -2.38. The molecule has 0 spiro atoms. The molecule has 3 rings (SSSR count). The molecule has 2 aromatic heterocycles. The van der Waals surface area contributed by atoms with E-state index in [0.717, 1.165) is 30.2 Å². The molecule has 2 aromatic rings. The van der Waals surface area contributed by atoms with Crippen molar-refractivity contribution in [3.63, 3.8) is 0 Å². The minimum atomic E-state index is -1.26. The molecule has 33 heavy (non-hydrogen) atoms. The molecule has 8 heteroatoms. The van der Waals surface area contributed by atoms with Gasteiger partial charge >= 0.3 is 11.9 Å². The van der Waals surface area contributed by atoms with Crippen LogP contribution in [0.25, 0.3) is 5.52 Å². The van der Waals surface area contributed by atoms with Crippen molar-refractivity contribution >= 4 is 17.5 Å². The number of aromatic nitrogens is 2. The number of hydrogen-bond acceptors (Lipinski definition) is 5. The molecule has 1 aliphatic heterocycles. The number of piperidine rings is 1. The van der Waals surface area contributed by atoms with E-state index in [9.17, 15) is 9.59 Å². The summed E-state index contributed by atoms with van der Waals surface area (Å²) in [6, 6.07) is 8.19. The van der Waals surface area contributed by atoms with Crippen LogP contribution in [0, 0.1) is 11.3 Å². The lowest BCUT2D eigenvalue weighted by molar-refractivity contribution is -0.134.